The molecule has 0 aliphatic rings. The molecule has 0 aliphatic heterocycles. The van der Waals surface area contributed by atoms with Crippen LogP contribution in [0, 0.1) is 5.82 Å². The van der Waals surface area contributed by atoms with Crippen molar-refractivity contribution in [3.05, 3.63) is 77.6 Å². The van der Waals surface area contributed by atoms with Crippen LogP contribution >= 0.6 is 0 Å². The van der Waals surface area contributed by atoms with E-state index >= 15 is 0 Å². The Labute approximate surface area is 178 Å². The number of nitrogens with one attached hydrogen (secondary N) is 1. The lowest BCUT2D eigenvalue weighted by Crippen LogP contribution is -2.47. The zero-order valence-electron chi connectivity index (χ0n) is 16.2. The molecule has 2 aromatic carbocycles. The molecule has 1 unspecified atom stereocenters. The van der Waals surface area contributed by atoms with E-state index in [-0.39, 0.29) is 6.42 Å². The predicted molar refractivity (Wildman–Crippen MR) is 103 cm³/mol. The Kier molecular flexibility index (Phi) is 6.37. The minimum atomic E-state index is -5.06. The average Bonchev–Trinajstić information content (AvgIpc) is 3.19. The van der Waals surface area contributed by atoms with Crippen molar-refractivity contribution in [1.29, 1.82) is 0 Å². The zero-order valence-corrected chi connectivity index (χ0v) is 16.2. The number of Topliss-reactive ketones (excluding diaryl/α,β-unsaturated/α-hetero) is 1. The van der Waals surface area contributed by atoms with Crippen molar-refractivity contribution >= 4 is 17.6 Å². The molecule has 3 aromatic rings. The number of primary amides is 1. The summed E-state index contributed by atoms with van der Waals surface area (Å²) in [5.74, 6) is -7.53. The van der Waals surface area contributed by atoms with Crippen LogP contribution in [-0.2, 0) is 22.2 Å². The molecule has 1 heterocycles. The van der Waals surface area contributed by atoms with Crippen LogP contribution < -0.4 is 11.1 Å². The Morgan fingerprint density at radius 2 is 1.66 bits per heavy atom. The van der Waals surface area contributed by atoms with Crippen molar-refractivity contribution in [2.24, 2.45) is 5.73 Å². The number of carbonyl (C=O) groups is 3. The number of alkyl halides is 3. The summed E-state index contributed by atoms with van der Waals surface area (Å²) in [4.78, 5) is 39.6. The summed E-state index contributed by atoms with van der Waals surface area (Å²) in [5, 5.41) is 2.14. The molecule has 7 nitrogen and oxygen atoms in total. The number of ketones is 1. The third kappa shape index (κ3) is 4.99. The van der Waals surface area contributed by atoms with Gasteiger partial charge in [0.25, 0.3) is 11.8 Å². The molecule has 0 saturated carbocycles. The standard InChI is InChI=1S/C21H15F4N3O4/c22-13-9-5-4-8-12(13)15-17(32-20(28-15)21(23,24)25)19(31)27-14(16(29)18(26)30)10-11-6-2-1-3-7-11/h1-9,14H,10H2,(H2,26,30)(H,27,31). The molecule has 166 valence electrons. The molecule has 2 amide bonds. The van der Waals surface area contributed by atoms with Gasteiger partial charge in [0.2, 0.25) is 11.5 Å². The Balaban J connectivity index is 2.00. The highest BCUT2D eigenvalue weighted by molar-refractivity contribution is 6.38. The molecule has 0 bridgehead atoms. The molecule has 0 saturated heterocycles. The molecule has 3 rings (SSSR count). The maximum Gasteiger partial charge on any atom is 0.468 e. The van der Waals surface area contributed by atoms with Gasteiger partial charge in [0.1, 0.15) is 17.6 Å². The average molecular weight is 449 g/mol. The quantitative estimate of drug-likeness (QED) is 0.425. The van der Waals surface area contributed by atoms with Crippen LogP contribution in [0.15, 0.2) is 59.0 Å². The summed E-state index contributed by atoms with van der Waals surface area (Å²) in [6, 6.07) is 11.4. The number of benzene rings is 2. The van der Waals surface area contributed by atoms with Gasteiger partial charge < -0.3 is 15.5 Å². The highest BCUT2D eigenvalue weighted by Crippen LogP contribution is 2.34. The smallest absolute Gasteiger partial charge is 0.427 e. The molecule has 0 fully saturated rings. The molecule has 1 atom stereocenters. The summed E-state index contributed by atoms with van der Waals surface area (Å²) in [6.07, 6.45) is -5.24. The molecule has 0 radical (unpaired) electrons. The summed E-state index contributed by atoms with van der Waals surface area (Å²) < 4.78 is 58.2. The van der Waals surface area contributed by atoms with Crippen LogP contribution in [0.3, 0.4) is 0 Å². The maximum atomic E-state index is 14.2. The number of carbonyl (C=O) groups excluding carboxylic acids is 3. The lowest BCUT2D eigenvalue weighted by Gasteiger charge is -2.16. The normalized spacial score (nSPS) is 12.2. The van der Waals surface area contributed by atoms with Crippen LogP contribution in [0.5, 0.6) is 0 Å². The molecule has 11 heteroatoms. The first-order valence-electron chi connectivity index (χ1n) is 9.09. The third-order valence-corrected chi connectivity index (χ3v) is 4.35. The van der Waals surface area contributed by atoms with Gasteiger partial charge in [-0.3, -0.25) is 14.4 Å². The highest BCUT2D eigenvalue weighted by atomic mass is 19.4. The van der Waals surface area contributed by atoms with Crippen LogP contribution in [0.2, 0.25) is 0 Å². The molecule has 1 aromatic heterocycles. The van der Waals surface area contributed by atoms with Crippen LogP contribution in [0.4, 0.5) is 17.6 Å². The van der Waals surface area contributed by atoms with Gasteiger partial charge in [-0.1, -0.05) is 42.5 Å². The number of nitrogens with two attached hydrogens (primary N) is 1. The minimum absolute atomic E-state index is 0.177. The van der Waals surface area contributed by atoms with Gasteiger partial charge >= 0.3 is 12.1 Å². The van der Waals surface area contributed by atoms with Gasteiger partial charge in [0.05, 0.1) is 0 Å². The number of oxazole rings is 1. The van der Waals surface area contributed by atoms with Crippen LogP contribution in [0.25, 0.3) is 11.3 Å². The fourth-order valence-electron chi connectivity index (χ4n) is 2.89. The maximum absolute atomic E-state index is 14.2. The largest absolute Gasteiger partial charge is 0.468 e. The lowest BCUT2D eigenvalue weighted by molar-refractivity contribution is -0.157. The number of nitrogens with zero attached hydrogens (tertiary/aromatic N) is 1. The van der Waals surface area contributed by atoms with E-state index in [0.717, 1.165) is 12.1 Å². The first-order valence-corrected chi connectivity index (χ1v) is 9.09. The van der Waals surface area contributed by atoms with Crippen molar-refractivity contribution in [2.45, 2.75) is 18.6 Å². The summed E-state index contributed by atoms with van der Waals surface area (Å²) in [6.45, 7) is 0. The summed E-state index contributed by atoms with van der Waals surface area (Å²) in [7, 11) is 0. The van der Waals surface area contributed by atoms with Crippen molar-refractivity contribution < 1.29 is 36.4 Å². The number of amides is 2. The van der Waals surface area contributed by atoms with Gasteiger partial charge in [-0.2, -0.15) is 13.2 Å². The van der Waals surface area contributed by atoms with Crippen molar-refractivity contribution in [3.8, 4) is 11.3 Å². The first kappa shape index (κ1) is 22.7. The Morgan fingerprint density at radius 3 is 2.25 bits per heavy atom. The van der Waals surface area contributed by atoms with E-state index < -0.39 is 58.5 Å². The van der Waals surface area contributed by atoms with Crippen LogP contribution in [-0.4, -0.2) is 28.6 Å². The Morgan fingerprint density at radius 1 is 1.03 bits per heavy atom. The monoisotopic (exact) mass is 449 g/mol. The second-order valence-electron chi connectivity index (χ2n) is 6.62. The summed E-state index contributed by atoms with van der Waals surface area (Å²) in [5.41, 5.74) is 4.44. The van der Waals surface area contributed by atoms with Crippen molar-refractivity contribution in [3.63, 3.8) is 0 Å². The number of aromatic nitrogens is 1. The number of halogens is 4. The third-order valence-electron chi connectivity index (χ3n) is 4.35. The predicted octanol–water partition coefficient (Wildman–Crippen LogP) is 2.90. The van der Waals surface area contributed by atoms with Gasteiger partial charge in [0, 0.05) is 12.0 Å². The van der Waals surface area contributed by atoms with Crippen LogP contribution in [0.1, 0.15) is 22.0 Å². The van der Waals surface area contributed by atoms with Gasteiger partial charge in [-0.15, -0.1) is 0 Å². The number of hydrogen-bond acceptors (Lipinski definition) is 5. The van der Waals surface area contributed by atoms with E-state index in [0.29, 0.717) is 5.56 Å². The summed E-state index contributed by atoms with van der Waals surface area (Å²) >= 11 is 0. The second-order valence-corrected chi connectivity index (χ2v) is 6.62. The molecule has 0 aliphatic carbocycles. The first-order chi connectivity index (χ1) is 15.1. The van der Waals surface area contributed by atoms with E-state index in [2.05, 4.69) is 14.7 Å². The Hall–Kier alpha value is -4.02. The zero-order chi connectivity index (χ0) is 23.5. The van der Waals surface area contributed by atoms with E-state index in [9.17, 15) is 31.9 Å². The topological polar surface area (TPSA) is 115 Å². The fourth-order valence-corrected chi connectivity index (χ4v) is 2.89. The highest BCUT2D eigenvalue weighted by Gasteiger charge is 2.40. The number of rotatable bonds is 7. The minimum Gasteiger partial charge on any atom is -0.427 e. The lowest BCUT2D eigenvalue weighted by atomic mass is 10.0. The van der Waals surface area contributed by atoms with Crippen molar-refractivity contribution in [2.75, 3.05) is 0 Å². The fraction of sp³-hybridized carbons (Fsp3) is 0.143. The number of hydrogen-bond donors (Lipinski definition) is 2. The second kappa shape index (κ2) is 9.00. The Bertz CT molecular complexity index is 1160. The van der Waals surface area contributed by atoms with E-state index in [4.69, 9.17) is 5.73 Å². The van der Waals surface area contributed by atoms with E-state index in [1.54, 1.807) is 30.3 Å². The SMILES string of the molecule is NC(=O)C(=O)C(Cc1ccccc1)NC(=O)c1oc(C(F)(F)F)nc1-c1ccccc1F. The molecule has 3 N–H and O–H groups in total. The molecule has 32 heavy (non-hydrogen) atoms. The van der Waals surface area contributed by atoms with E-state index in [1.165, 1.54) is 12.1 Å². The molecular formula is C21H15F4N3O4. The van der Waals surface area contributed by atoms with Gasteiger partial charge in [-0.05, 0) is 17.7 Å². The molecule has 0 spiro atoms. The van der Waals surface area contributed by atoms with E-state index in [1.807, 2.05) is 0 Å². The van der Waals surface area contributed by atoms with Gasteiger partial charge in [0.15, 0.2) is 0 Å². The van der Waals surface area contributed by atoms with Crippen molar-refractivity contribution in [1.82, 2.24) is 10.3 Å². The van der Waals surface area contributed by atoms with Gasteiger partial charge in [-0.25, -0.2) is 9.37 Å². The molecular weight excluding hydrogens is 434 g/mol.